The summed E-state index contributed by atoms with van der Waals surface area (Å²) in [5, 5.41) is 0. The molecule has 1 nitrogen and oxygen atoms in total. The lowest BCUT2D eigenvalue weighted by molar-refractivity contribution is 0.476. The molecule has 0 atom stereocenters. The van der Waals surface area contributed by atoms with Crippen molar-refractivity contribution in [1.82, 2.24) is 0 Å². The van der Waals surface area contributed by atoms with Crippen LogP contribution in [0.15, 0.2) is 0 Å². The van der Waals surface area contributed by atoms with Gasteiger partial charge < -0.3 is 0 Å². The first-order valence-electron chi connectivity index (χ1n) is 1.10. The van der Waals surface area contributed by atoms with Gasteiger partial charge in [0.15, 0.2) is 33.7 Å². The molecule has 0 N–H and O–H groups in total. The number of rotatable bonds is 1. The summed E-state index contributed by atoms with van der Waals surface area (Å²) in [5.41, 5.74) is -2.48. The van der Waals surface area contributed by atoms with Gasteiger partial charge in [0.1, 0.15) is 0 Å². The summed E-state index contributed by atoms with van der Waals surface area (Å²) in [6.45, 7) is 0. The Hall–Kier alpha value is 1.26. The average Bonchev–Trinajstić information content (AvgIpc) is 1.35. The van der Waals surface area contributed by atoms with E-state index in [9.17, 15) is 0 Å². The van der Waals surface area contributed by atoms with Crippen molar-refractivity contribution in [3.63, 3.8) is 0 Å². The van der Waals surface area contributed by atoms with Crippen LogP contribution in [0.3, 0.4) is 0 Å². The molecule has 0 rings (SSSR count). The molecule has 0 bridgehead atoms. The summed E-state index contributed by atoms with van der Waals surface area (Å²) in [6.07, 6.45) is 0. The van der Waals surface area contributed by atoms with Crippen LogP contribution in [-0.2, 0) is 4.52 Å². The van der Waals surface area contributed by atoms with Gasteiger partial charge in [-0.15, -0.1) is 0 Å². The van der Waals surface area contributed by atoms with E-state index in [1.54, 1.807) is 0 Å². The molecule has 0 aliphatic heterocycles. The molecule has 6 heavy (non-hydrogen) atoms. The molecule has 0 aliphatic rings. The zero-order valence-electron chi connectivity index (χ0n) is 2.99. The maximum absolute atomic E-state index is 5.14. The third kappa shape index (κ3) is 5.26. The van der Waals surface area contributed by atoms with Crippen molar-refractivity contribution < 1.29 is 4.52 Å². The molecule has 0 unspecified atom stereocenters. The van der Waals surface area contributed by atoms with Crippen LogP contribution in [0, 0.1) is 0 Å². The molecule has 0 radical (unpaired) electrons. The van der Waals surface area contributed by atoms with Gasteiger partial charge in [0, 0.05) is 0 Å². The Labute approximate surface area is 51.3 Å². The fourth-order valence-corrected chi connectivity index (χ4v) is 0. The summed E-state index contributed by atoms with van der Waals surface area (Å²) in [7, 11) is 1.36. The van der Waals surface area contributed by atoms with Gasteiger partial charge in [0.25, 0.3) is 0 Å². The largest absolute Gasteiger partial charge is 0.435 e. The van der Waals surface area contributed by atoms with E-state index < -0.39 is 5.55 Å². The lowest BCUT2D eigenvalue weighted by Gasteiger charge is -1.88. The second kappa shape index (κ2) is 2.54. The van der Waals surface area contributed by atoms with Crippen molar-refractivity contribution in [2.24, 2.45) is 0 Å². The van der Waals surface area contributed by atoms with Gasteiger partial charge >= 0.3 is 5.55 Å². The van der Waals surface area contributed by atoms with Gasteiger partial charge in [-0.3, -0.25) is 0 Å². The zero-order valence-corrected chi connectivity index (χ0v) is 6.15. The van der Waals surface area contributed by atoms with Crippen molar-refractivity contribution in [3.05, 3.63) is 0 Å². The minimum absolute atomic E-state index is 1.36. The van der Waals surface area contributed by atoms with E-state index in [0.29, 0.717) is 0 Å². The molecule has 0 saturated heterocycles. The fraction of sp³-hybridized carbons (Fsp3) is 1.00. The summed E-state index contributed by atoms with van der Waals surface area (Å²) >= 11 is 15.4. The molecule has 0 saturated carbocycles. The van der Waals surface area contributed by atoms with Crippen molar-refractivity contribution in [3.8, 4) is 0 Å². The van der Waals surface area contributed by atoms with Crippen molar-refractivity contribution in [1.29, 1.82) is 0 Å². The molecule has 0 amide bonds. The predicted molar refractivity (Wildman–Crippen MR) is 31.5 cm³/mol. The smallest absolute Gasteiger partial charge is 0.187 e. The number of hydrogen-bond acceptors (Lipinski definition) is 1. The van der Waals surface area contributed by atoms with Crippen LogP contribution in [0.4, 0.5) is 0 Å². The molecule has 0 fully saturated rings. The van der Waals surface area contributed by atoms with E-state index in [4.69, 9.17) is 33.7 Å². The Morgan fingerprint density at radius 3 is 1.50 bits per heavy atom. The molecule has 0 heterocycles. The number of hydrogen-bond donors (Lipinski definition) is 0. The van der Waals surface area contributed by atoms with Crippen LogP contribution >= 0.6 is 39.3 Å². The van der Waals surface area contributed by atoms with Gasteiger partial charge in [-0.05, 0) is 0 Å². The summed E-state index contributed by atoms with van der Waals surface area (Å²) in [5.74, 6) is 0. The minimum Gasteiger partial charge on any atom is -0.187 e. The second-order valence-electron chi connectivity index (χ2n) is 0.581. The van der Waals surface area contributed by atoms with Crippen LogP contribution in [0.1, 0.15) is 0 Å². The fourth-order valence-electron chi connectivity index (χ4n) is 0. The third-order valence-electron chi connectivity index (χ3n) is 0.207. The first kappa shape index (κ1) is 7.26. The van der Waals surface area contributed by atoms with E-state index in [-0.39, 0.29) is 0 Å². The van der Waals surface area contributed by atoms with E-state index >= 15 is 0 Å². The van der Waals surface area contributed by atoms with E-state index in [0.717, 1.165) is 0 Å². The Morgan fingerprint density at radius 2 is 1.50 bits per heavy atom. The summed E-state index contributed by atoms with van der Waals surface area (Å²) in [4.78, 5) is 0. The first-order valence-corrected chi connectivity index (χ1v) is 5.52. The van der Waals surface area contributed by atoms with Crippen molar-refractivity contribution >= 4 is 39.3 Å². The Balaban J connectivity index is 3.17. The molecule has 0 aliphatic carbocycles. The molecule has 0 aromatic rings. The Morgan fingerprint density at radius 1 is 1.33 bits per heavy atom. The average molecular weight is 168 g/mol. The molecule has 38 valence electrons. The lowest BCUT2D eigenvalue weighted by atomic mass is 11.8. The maximum Gasteiger partial charge on any atom is 0.435 e. The van der Waals surface area contributed by atoms with E-state index in [2.05, 4.69) is 4.52 Å². The standard InChI is InChI=1S/CH3Cl3OP/c1-5-6(2,3)4/h1H3/q+1. The summed E-state index contributed by atoms with van der Waals surface area (Å²) in [6, 6.07) is 0. The molecule has 0 aromatic carbocycles. The topological polar surface area (TPSA) is 9.23 Å². The second-order valence-corrected chi connectivity index (χ2v) is 7.59. The van der Waals surface area contributed by atoms with Gasteiger partial charge in [-0.1, -0.05) is 0 Å². The van der Waals surface area contributed by atoms with Crippen LogP contribution in [0.2, 0.25) is 0 Å². The maximum atomic E-state index is 5.14. The van der Waals surface area contributed by atoms with Gasteiger partial charge in [-0.25, -0.2) is 0 Å². The molecule has 0 spiro atoms. The van der Waals surface area contributed by atoms with Gasteiger partial charge in [0.05, 0.1) is 7.11 Å². The van der Waals surface area contributed by atoms with E-state index in [1.165, 1.54) is 7.11 Å². The SMILES string of the molecule is CO[P+](Cl)(Cl)Cl. The third-order valence-corrected chi connectivity index (χ3v) is 1.86. The lowest BCUT2D eigenvalue weighted by Crippen LogP contribution is -1.62. The molecule has 0 aromatic heterocycles. The highest BCUT2D eigenvalue weighted by Crippen LogP contribution is 2.74. The quantitative estimate of drug-likeness (QED) is 0.547. The molecular formula is CH3Cl3OP+. The van der Waals surface area contributed by atoms with Crippen molar-refractivity contribution in [2.75, 3.05) is 7.11 Å². The monoisotopic (exact) mass is 167 g/mol. The predicted octanol–water partition coefficient (Wildman–Crippen LogP) is 3.03. The highest BCUT2D eigenvalue weighted by molar-refractivity contribution is 8.29. The summed E-state index contributed by atoms with van der Waals surface area (Å²) < 4.78 is 4.34. The highest BCUT2D eigenvalue weighted by Gasteiger charge is 2.32. The molecular weight excluding hydrogens is 165 g/mol. The highest BCUT2D eigenvalue weighted by atomic mass is 36.1. The normalized spacial score (nSPS) is 12.0. The van der Waals surface area contributed by atoms with Crippen LogP contribution in [-0.4, -0.2) is 7.11 Å². The first-order chi connectivity index (χ1) is 2.56. The van der Waals surface area contributed by atoms with Crippen LogP contribution in [0.25, 0.3) is 0 Å². The minimum atomic E-state index is -2.48. The number of halogens is 3. The Kier molecular flexibility index (Phi) is 3.07. The van der Waals surface area contributed by atoms with Gasteiger partial charge in [0.2, 0.25) is 0 Å². The Bertz CT molecular complexity index is 40.5. The van der Waals surface area contributed by atoms with Crippen LogP contribution in [0.5, 0.6) is 0 Å². The zero-order chi connectivity index (χ0) is 5.21. The van der Waals surface area contributed by atoms with Crippen LogP contribution < -0.4 is 0 Å². The van der Waals surface area contributed by atoms with Crippen molar-refractivity contribution in [2.45, 2.75) is 0 Å². The molecule has 5 heteroatoms. The van der Waals surface area contributed by atoms with E-state index in [1.807, 2.05) is 0 Å². The van der Waals surface area contributed by atoms with Gasteiger partial charge in [-0.2, -0.15) is 4.52 Å².